The summed E-state index contributed by atoms with van der Waals surface area (Å²) in [6.07, 6.45) is 7.23. The van der Waals surface area contributed by atoms with Crippen LogP contribution in [0.1, 0.15) is 44.8 Å². The fourth-order valence-corrected chi connectivity index (χ4v) is 6.29. The zero-order valence-electron chi connectivity index (χ0n) is 26.6. The summed E-state index contributed by atoms with van der Waals surface area (Å²) in [6, 6.07) is 21.3. The summed E-state index contributed by atoms with van der Waals surface area (Å²) < 4.78 is 0. The van der Waals surface area contributed by atoms with Crippen molar-refractivity contribution in [2.75, 3.05) is 22.9 Å². The Balaban J connectivity index is 1.07. The van der Waals surface area contributed by atoms with Gasteiger partial charge in [-0.25, -0.2) is 9.97 Å². The van der Waals surface area contributed by atoms with E-state index in [-0.39, 0.29) is 40.9 Å². The van der Waals surface area contributed by atoms with Crippen LogP contribution in [0.2, 0.25) is 0 Å². The molecule has 0 unspecified atom stereocenters. The molecular weight excluding hydrogens is 634 g/mol. The second-order valence-electron chi connectivity index (χ2n) is 11.9. The van der Waals surface area contributed by atoms with Crippen LogP contribution < -0.4 is 9.80 Å². The lowest BCUT2D eigenvalue weighted by Crippen LogP contribution is -2.37. The first-order valence-electron chi connectivity index (χ1n) is 16.2. The fourth-order valence-electron chi connectivity index (χ4n) is 6.29. The molecule has 8 rings (SSSR count). The van der Waals surface area contributed by atoms with E-state index in [9.17, 15) is 19.8 Å². The minimum atomic E-state index is -0.306. The summed E-state index contributed by atoms with van der Waals surface area (Å²) in [4.78, 5) is 61.3. The van der Waals surface area contributed by atoms with Crippen LogP contribution in [-0.4, -0.2) is 70.0 Å². The van der Waals surface area contributed by atoms with Crippen LogP contribution in [0.15, 0.2) is 91.4 Å². The van der Waals surface area contributed by atoms with Gasteiger partial charge in [0, 0.05) is 42.8 Å². The van der Waals surface area contributed by atoms with Gasteiger partial charge in [-0.05, 0) is 73.7 Å². The highest BCUT2D eigenvalue weighted by Crippen LogP contribution is 2.36. The van der Waals surface area contributed by atoms with Gasteiger partial charge in [0.1, 0.15) is 28.7 Å². The number of anilines is 2. The van der Waals surface area contributed by atoms with Crippen LogP contribution in [0.4, 0.5) is 11.6 Å². The molecule has 50 heavy (non-hydrogen) atoms. The molecule has 0 saturated carbocycles. The Bertz CT molecular complexity index is 2250. The average Bonchev–Trinajstić information content (AvgIpc) is 3.17. The molecule has 13 heteroatoms. The van der Waals surface area contributed by atoms with Gasteiger partial charge in [-0.15, -0.1) is 0 Å². The molecule has 6 aromatic rings. The Kier molecular flexibility index (Phi) is 7.83. The van der Waals surface area contributed by atoms with E-state index < -0.39 is 0 Å². The minimum Gasteiger partial charge on any atom is -0.493 e. The van der Waals surface area contributed by atoms with Crippen LogP contribution in [0.3, 0.4) is 0 Å². The first-order valence-corrected chi connectivity index (χ1v) is 16.2. The Morgan fingerprint density at radius 3 is 1.84 bits per heavy atom. The van der Waals surface area contributed by atoms with Crippen molar-refractivity contribution >= 4 is 23.5 Å². The number of rotatable bonds is 5. The number of aromatic hydroxyl groups is 2. The first kappa shape index (κ1) is 30.7. The van der Waals surface area contributed by atoms with E-state index >= 15 is 0 Å². The van der Waals surface area contributed by atoms with E-state index in [1.807, 2.05) is 18.2 Å². The maximum atomic E-state index is 13.9. The fraction of sp³-hybridized carbons (Fsp3) is 0.162. The monoisotopic (exact) mass is 663 g/mol. The Morgan fingerprint density at radius 1 is 0.600 bits per heavy atom. The summed E-state index contributed by atoms with van der Waals surface area (Å²) in [5.41, 5.74) is 4.16. The van der Waals surface area contributed by atoms with Crippen molar-refractivity contribution in [2.45, 2.75) is 25.7 Å². The predicted molar refractivity (Wildman–Crippen MR) is 184 cm³/mol. The molecule has 5 aromatic heterocycles. The van der Waals surface area contributed by atoms with Gasteiger partial charge in [-0.2, -0.15) is 9.97 Å². The maximum Gasteiger partial charge on any atom is 0.278 e. The summed E-state index contributed by atoms with van der Waals surface area (Å²) >= 11 is 0. The van der Waals surface area contributed by atoms with Gasteiger partial charge in [-0.3, -0.25) is 34.3 Å². The lowest BCUT2D eigenvalue weighted by molar-refractivity contribution is 0.0973. The third kappa shape index (κ3) is 5.64. The van der Waals surface area contributed by atoms with Gasteiger partial charge in [0.2, 0.25) is 11.8 Å². The Labute approximate surface area is 286 Å². The zero-order chi connectivity index (χ0) is 34.2. The number of hydrogen-bond acceptors (Lipinski definition) is 11. The second-order valence-corrected chi connectivity index (χ2v) is 11.9. The van der Waals surface area contributed by atoms with Crippen LogP contribution in [0.25, 0.3) is 34.2 Å². The van der Waals surface area contributed by atoms with Crippen LogP contribution >= 0.6 is 0 Å². The van der Waals surface area contributed by atoms with Crippen molar-refractivity contribution < 1.29 is 19.8 Å². The van der Waals surface area contributed by atoms with E-state index in [2.05, 4.69) is 34.9 Å². The maximum absolute atomic E-state index is 13.9. The Morgan fingerprint density at radius 2 is 1.24 bits per heavy atom. The highest BCUT2D eigenvalue weighted by molar-refractivity contribution is 6.07. The molecule has 0 bridgehead atoms. The summed E-state index contributed by atoms with van der Waals surface area (Å²) in [5.74, 6) is 0.226. The smallest absolute Gasteiger partial charge is 0.278 e. The zero-order valence-corrected chi connectivity index (χ0v) is 26.6. The van der Waals surface area contributed by atoms with Gasteiger partial charge in [0.15, 0.2) is 11.6 Å². The second kappa shape index (κ2) is 12.8. The third-order valence-corrected chi connectivity index (χ3v) is 8.76. The van der Waals surface area contributed by atoms with Gasteiger partial charge in [-0.1, -0.05) is 30.3 Å². The van der Waals surface area contributed by atoms with Crippen LogP contribution in [-0.2, 0) is 12.8 Å². The minimum absolute atomic E-state index is 0.156. The highest BCUT2D eigenvalue weighted by Gasteiger charge is 2.31. The standard InChI is InChI=1S/C37H29N9O4/c47-34-25-10-6-18-45(32(25)41-30(43-34)27-12-1-3-16-38-27)36(49)23-9-5-8-22(20-23)24-14-15-28(40-21-24)31-42-33-26(35(48)44-31)11-7-19-46(33)37(50)29-13-2-4-17-39-29/h1-5,8-9,12-17,20-21H,6-7,10-11,18-19H2,(H,41,43,47)(H,42,44,48). The number of benzene rings is 1. The SMILES string of the molecule is O=C(c1cccc(-c2ccc(-c3nc(O)c4c(n3)N(C(=O)c3ccccn3)CCC4)nc2)c1)N1CCCc2c(O)nc(-c3ccccn3)nc21. The number of nitrogens with zero attached hydrogens (tertiary/aromatic N) is 9. The first-order chi connectivity index (χ1) is 24.4. The van der Waals surface area contributed by atoms with Crippen molar-refractivity contribution in [1.29, 1.82) is 0 Å². The number of carbonyl (C=O) groups is 2. The number of pyridine rings is 3. The molecule has 2 aliphatic rings. The molecule has 0 fully saturated rings. The highest BCUT2D eigenvalue weighted by atomic mass is 16.3. The lowest BCUT2D eigenvalue weighted by Gasteiger charge is -2.29. The van der Waals surface area contributed by atoms with Crippen molar-refractivity contribution in [1.82, 2.24) is 34.9 Å². The molecule has 246 valence electrons. The molecule has 7 heterocycles. The van der Waals surface area contributed by atoms with E-state index in [1.54, 1.807) is 78.1 Å². The molecule has 0 atom stereocenters. The molecule has 0 radical (unpaired) electrons. The van der Waals surface area contributed by atoms with E-state index in [4.69, 9.17) is 0 Å². The Hall–Kier alpha value is -6.63. The molecule has 0 saturated heterocycles. The number of aromatic nitrogens is 7. The molecule has 0 spiro atoms. The quantitative estimate of drug-likeness (QED) is 0.253. The van der Waals surface area contributed by atoms with Crippen molar-refractivity contribution in [3.63, 3.8) is 0 Å². The largest absolute Gasteiger partial charge is 0.493 e. The normalized spacial score (nSPS) is 13.8. The molecule has 2 aliphatic heterocycles. The average molecular weight is 664 g/mol. The van der Waals surface area contributed by atoms with Crippen molar-refractivity contribution in [3.05, 3.63) is 114 Å². The molecular formula is C37H29N9O4. The number of amides is 2. The predicted octanol–water partition coefficient (Wildman–Crippen LogP) is 5.05. The molecule has 1 aromatic carbocycles. The van der Waals surface area contributed by atoms with E-state index in [1.165, 1.54) is 4.90 Å². The van der Waals surface area contributed by atoms with Gasteiger partial charge >= 0.3 is 0 Å². The van der Waals surface area contributed by atoms with Crippen LogP contribution in [0, 0.1) is 0 Å². The lowest BCUT2D eigenvalue weighted by atomic mass is 10.0. The topological polar surface area (TPSA) is 171 Å². The summed E-state index contributed by atoms with van der Waals surface area (Å²) in [7, 11) is 0. The number of hydrogen-bond donors (Lipinski definition) is 2. The van der Waals surface area contributed by atoms with E-state index in [0.29, 0.717) is 78.5 Å². The van der Waals surface area contributed by atoms with E-state index in [0.717, 1.165) is 11.1 Å². The molecule has 0 aliphatic carbocycles. The summed E-state index contributed by atoms with van der Waals surface area (Å²) in [6.45, 7) is 0.866. The number of fused-ring (bicyclic) bond motifs is 2. The molecule has 2 amide bonds. The van der Waals surface area contributed by atoms with Crippen molar-refractivity contribution in [3.8, 4) is 45.9 Å². The van der Waals surface area contributed by atoms with Crippen LogP contribution in [0.5, 0.6) is 11.8 Å². The van der Waals surface area contributed by atoms with Gasteiger partial charge < -0.3 is 10.2 Å². The van der Waals surface area contributed by atoms with Gasteiger partial charge in [0.05, 0.1) is 11.1 Å². The van der Waals surface area contributed by atoms with Crippen molar-refractivity contribution in [2.24, 2.45) is 0 Å². The number of carbonyl (C=O) groups excluding carboxylic acids is 2. The molecule has 13 nitrogen and oxygen atoms in total. The molecule has 2 N–H and O–H groups in total. The third-order valence-electron chi connectivity index (χ3n) is 8.76. The summed E-state index contributed by atoms with van der Waals surface area (Å²) in [5, 5.41) is 21.6. The van der Waals surface area contributed by atoms with Gasteiger partial charge in [0.25, 0.3) is 11.8 Å².